The molecule has 0 unspecified atom stereocenters. The summed E-state index contributed by atoms with van der Waals surface area (Å²) in [4.78, 5) is 0. The smallest absolute Gasteiger partial charge is 0.283 e. The summed E-state index contributed by atoms with van der Waals surface area (Å²) < 4.78 is 12.9. The van der Waals surface area contributed by atoms with E-state index in [2.05, 4.69) is 12.2 Å². The number of pyridine rings is 1. The molecule has 2 aromatic heterocycles. The van der Waals surface area contributed by atoms with E-state index in [1.54, 1.807) is 10.8 Å². The van der Waals surface area contributed by atoms with Crippen molar-refractivity contribution in [3.63, 3.8) is 0 Å². The largest absolute Gasteiger partial charge is 0.489 e. The molecule has 5 heteroatoms. The number of hydrogen-bond acceptors (Lipinski definition) is 4. The molecular weight excluding hydrogens is 350 g/mol. The lowest BCUT2D eigenvalue weighted by atomic mass is 10.1. The number of hydrogen-bond donors (Lipinski definition) is 1. The molecule has 2 aromatic carbocycles. The van der Waals surface area contributed by atoms with Gasteiger partial charge in [0.2, 0.25) is 0 Å². The summed E-state index contributed by atoms with van der Waals surface area (Å²) in [7, 11) is 3.84. The Morgan fingerprint density at radius 1 is 0.964 bits per heavy atom. The highest BCUT2D eigenvalue weighted by atomic mass is 16.5. The topological polar surface area (TPSA) is 65.2 Å². The number of aromatic nitrogens is 2. The van der Waals surface area contributed by atoms with Crippen molar-refractivity contribution in [1.82, 2.24) is 5.16 Å². The maximum atomic E-state index is 6.06. The van der Waals surface area contributed by atoms with Gasteiger partial charge in [-0.25, -0.2) is 4.57 Å². The second kappa shape index (κ2) is 7.96. The Morgan fingerprint density at radius 3 is 2.54 bits per heavy atom. The van der Waals surface area contributed by atoms with Crippen LogP contribution in [0.3, 0.4) is 0 Å². The van der Waals surface area contributed by atoms with Crippen molar-refractivity contribution < 1.29 is 13.8 Å². The van der Waals surface area contributed by atoms with Gasteiger partial charge in [0.1, 0.15) is 25.0 Å². The minimum Gasteiger partial charge on any atom is -0.489 e. The lowest BCUT2D eigenvalue weighted by molar-refractivity contribution is -0.596. The molecule has 0 atom stereocenters. The van der Waals surface area contributed by atoms with E-state index < -0.39 is 0 Å². The van der Waals surface area contributed by atoms with Crippen LogP contribution in [0.5, 0.6) is 5.75 Å². The summed E-state index contributed by atoms with van der Waals surface area (Å²) >= 11 is 0. The Labute approximate surface area is 164 Å². The number of nitrogens with zero attached hydrogens (tertiary/aromatic N) is 2. The van der Waals surface area contributed by atoms with Gasteiger partial charge in [0.05, 0.1) is 11.9 Å². The molecule has 2 heterocycles. The van der Waals surface area contributed by atoms with E-state index in [0.29, 0.717) is 24.6 Å². The molecule has 139 valence electrons. The van der Waals surface area contributed by atoms with Crippen molar-refractivity contribution in [3.05, 3.63) is 103 Å². The average molecular weight is 371 g/mol. The molecule has 1 radical (unpaired) electrons. The van der Waals surface area contributed by atoms with Gasteiger partial charge in [-0.15, -0.1) is 0 Å². The van der Waals surface area contributed by atoms with Crippen LogP contribution in [0, 0.1) is 7.05 Å². The third kappa shape index (κ3) is 4.04. The minimum absolute atomic E-state index is 0.533. The summed E-state index contributed by atoms with van der Waals surface area (Å²) in [5.41, 5.74) is 9.95. The number of benzene rings is 2. The fourth-order valence-electron chi connectivity index (χ4n) is 2.95. The van der Waals surface area contributed by atoms with Crippen LogP contribution in [0.4, 0.5) is 5.82 Å². The zero-order chi connectivity index (χ0) is 19.3. The Balaban J connectivity index is 1.41. The van der Waals surface area contributed by atoms with E-state index in [1.165, 1.54) is 0 Å². The predicted molar refractivity (Wildman–Crippen MR) is 107 cm³/mol. The average Bonchev–Trinajstić information content (AvgIpc) is 3.18. The molecule has 4 rings (SSSR count). The van der Waals surface area contributed by atoms with Crippen LogP contribution in [-0.4, -0.2) is 5.16 Å². The Morgan fingerprint density at radius 2 is 1.75 bits per heavy atom. The molecule has 0 aliphatic rings. The molecule has 2 N–H and O–H groups in total. The van der Waals surface area contributed by atoms with Gasteiger partial charge in [-0.2, -0.15) is 0 Å². The van der Waals surface area contributed by atoms with Gasteiger partial charge in [-0.05, 0) is 35.4 Å². The van der Waals surface area contributed by atoms with Crippen LogP contribution in [0.1, 0.15) is 16.8 Å². The fraction of sp³-hybridized carbons (Fsp3) is 0.0870. The number of anilines is 1. The maximum absolute atomic E-state index is 6.06. The Hall–Kier alpha value is -3.60. The molecule has 0 fully saturated rings. The van der Waals surface area contributed by atoms with Gasteiger partial charge in [-0.3, -0.25) is 5.73 Å². The zero-order valence-corrected chi connectivity index (χ0v) is 15.4. The molecule has 0 amide bonds. The lowest BCUT2D eigenvalue weighted by Gasteiger charge is -2.07. The third-order valence-electron chi connectivity index (χ3n) is 4.50. The molecule has 5 nitrogen and oxygen atoms in total. The summed E-state index contributed by atoms with van der Waals surface area (Å²) in [6.45, 7) is 0.553. The van der Waals surface area contributed by atoms with Crippen LogP contribution in [-0.2, 0) is 13.0 Å². The molecule has 0 aliphatic carbocycles. The first-order valence-electron chi connectivity index (χ1n) is 9.02. The first-order chi connectivity index (χ1) is 13.7. The first-order valence-corrected chi connectivity index (χ1v) is 9.02. The third-order valence-corrected chi connectivity index (χ3v) is 4.50. The Bertz CT molecular complexity index is 1060. The van der Waals surface area contributed by atoms with Crippen molar-refractivity contribution in [1.29, 1.82) is 0 Å². The maximum Gasteiger partial charge on any atom is 0.283 e. The van der Waals surface area contributed by atoms with E-state index in [0.717, 1.165) is 28.1 Å². The number of ether oxygens (including phenoxy) is 1. The van der Waals surface area contributed by atoms with Gasteiger partial charge >= 0.3 is 0 Å². The molecule has 0 saturated carbocycles. The lowest BCUT2D eigenvalue weighted by Crippen LogP contribution is -2.29. The number of nitrogen functional groups attached to an aromatic ring is 1. The first kappa shape index (κ1) is 17.8. The van der Waals surface area contributed by atoms with E-state index in [-0.39, 0.29) is 0 Å². The molecule has 0 bridgehead atoms. The second-order valence-electron chi connectivity index (χ2n) is 6.55. The van der Waals surface area contributed by atoms with Crippen molar-refractivity contribution in [2.75, 3.05) is 5.73 Å². The fourth-order valence-corrected chi connectivity index (χ4v) is 2.95. The summed E-state index contributed by atoms with van der Waals surface area (Å²) in [6.07, 6.45) is 2.46. The molecular formula is C23H21N3O2+. The number of nitrogens with two attached hydrogens (primary N) is 1. The molecule has 4 aromatic rings. The van der Waals surface area contributed by atoms with Crippen LogP contribution in [0.2, 0.25) is 0 Å². The van der Waals surface area contributed by atoms with Crippen molar-refractivity contribution in [2.24, 2.45) is 0 Å². The van der Waals surface area contributed by atoms with E-state index >= 15 is 0 Å². The highest BCUT2D eigenvalue weighted by Crippen LogP contribution is 2.25. The van der Waals surface area contributed by atoms with Crippen molar-refractivity contribution in [3.8, 4) is 17.1 Å². The van der Waals surface area contributed by atoms with Crippen LogP contribution in [0.25, 0.3) is 11.3 Å². The predicted octanol–water partition coefficient (Wildman–Crippen LogP) is 4.02. The summed E-state index contributed by atoms with van der Waals surface area (Å²) in [5, 5.41) is 4.17. The van der Waals surface area contributed by atoms with Gasteiger partial charge < -0.3 is 9.26 Å². The van der Waals surface area contributed by atoms with Gasteiger partial charge in [0.15, 0.2) is 5.76 Å². The van der Waals surface area contributed by atoms with Gasteiger partial charge in [0, 0.05) is 12.5 Å². The minimum atomic E-state index is 0.533. The monoisotopic (exact) mass is 371 g/mol. The number of rotatable bonds is 6. The van der Waals surface area contributed by atoms with Crippen LogP contribution in [0.15, 0.2) is 83.5 Å². The standard InChI is InChI=1S/C23H21N3O2/c1-26-13-5-8-21(23(26)24)22-15-19(25-28-22)14-17-9-11-20(12-10-17)27-16-18-6-3-2-4-7-18/h2-13,15H,1,14,16,24H2/q+1. The normalized spacial score (nSPS) is 10.8. The van der Waals surface area contributed by atoms with Crippen molar-refractivity contribution >= 4 is 5.82 Å². The van der Waals surface area contributed by atoms with Crippen molar-refractivity contribution in [2.45, 2.75) is 13.0 Å². The second-order valence-corrected chi connectivity index (χ2v) is 6.55. The van der Waals surface area contributed by atoms with E-state index in [1.807, 2.05) is 72.8 Å². The summed E-state index contributed by atoms with van der Waals surface area (Å²) in [6, 6.07) is 23.8. The van der Waals surface area contributed by atoms with Gasteiger partial charge in [-0.1, -0.05) is 47.6 Å². The Kier molecular flexibility index (Phi) is 5.06. The highest BCUT2D eigenvalue weighted by molar-refractivity contribution is 5.67. The summed E-state index contributed by atoms with van der Waals surface area (Å²) in [5.74, 6) is 2.00. The molecule has 28 heavy (non-hydrogen) atoms. The quantitative estimate of drug-likeness (QED) is 0.520. The SMILES string of the molecule is [CH2][n+]1cccc(-c2cc(Cc3ccc(OCc4ccccc4)cc3)no2)c1N. The highest BCUT2D eigenvalue weighted by Gasteiger charge is 2.15. The molecule has 0 aliphatic heterocycles. The molecule has 0 spiro atoms. The van der Waals surface area contributed by atoms with Crippen LogP contribution < -0.4 is 15.0 Å². The molecule has 0 saturated heterocycles. The van der Waals surface area contributed by atoms with E-state index in [9.17, 15) is 0 Å². The van der Waals surface area contributed by atoms with Gasteiger partial charge in [0.25, 0.3) is 5.82 Å². The van der Waals surface area contributed by atoms with Crippen LogP contribution >= 0.6 is 0 Å². The zero-order valence-electron chi connectivity index (χ0n) is 15.4. The van der Waals surface area contributed by atoms with E-state index in [4.69, 9.17) is 15.0 Å².